The highest BCUT2D eigenvalue weighted by molar-refractivity contribution is 7.20. The van der Waals surface area contributed by atoms with Crippen molar-refractivity contribution in [2.45, 2.75) is 0 Å². The molecule has 0 unspecified atom stereocenters. The third-order valence-electron chi connectivity index (χ3n) is 5.24. The van der Waals surface area contributed by atoms with Gasteiger partial charge >= 0.3 is 0 Å². The van der Waals surface area contributed by atoms with E-state index in [0.29, 0.717) is 27.3 Å². The highest BCUT2D eigenvalue weighted by Crippen LogP contribution is 2.32. The molecule has 0 aromatic carbocycles. The van der Waals surface area contributed by atoms with Crippen molar-refractivity contribution in [1.29, 1.82) is 0 Å². The van der Waals surface area contributed by atoms with Crippen LogP contribution in [0.15, 0.2) is 18.5 Å². The van der Waals surface area contributed by atoms with E-state index in [0.717, 1.165) is 50.9 Å². The lowest BCUT2D eigenvalue weighted by atomic mass is 10.2. The molecule has 4 heterocycles. The summed E-state index contributed by atoms with van der Waals surface area (Å²) in [7, 11) is 2.14. The van der Waals surface area contributed by atoms with E-state index in [2.05, 4.69) is 37.8 Å². The minimum Gasteiger partial charge on any atom is -0.354 e. The molecule has 0 spiro atoms. The Kier molecular flexibility index (Phi) is 5.91. The van der Waals surface area contributed by atoms with Crippen molar-refractivity contribution in [3.05, 3.63) is 32.7 Å². The fourth-order valence-corrected chi connectivity index (χ4v) is 4.96. The van der Waals surface area contributed by atoms with Gasteiger partial charge in [0.15, 0.2) is 0 Å². The number of hydrogen-bond donors (Lipinski definition) is 0. The molecule has 10 heteroatoms. The maximum absolute atomic E-state index is 12.7. The zero-order valence-electron chi connectivity index (χ0n) is 15.6. The molecule has 7 nitrogen and oxygen atoms in total. The summed E-state index contributed by atoms with van der Waals surface area (Å²) in [6.45, 7) is 6.71. The summed E-state index contributed by atoms with van der Waals surface area (Å²) in [6.07, 6.45) is 1.63. The standard InChI is InChI=1S/C18H22Cl2N6OS/c1-23-2-4-24(5-3-23)15-11-16(22-12-21-15)25-6-8-26(9-7-25)18(27)13-10-14(19)28-17(13)20/h10-12H,2-9H2,1H3. The van der Waals surface area contributed by atoms with Crippen molar-refractivity contribution in [3.63, 3.8) is 0 Å². The minimum absolute atomic E-state index is 0.0615. The van der Waals surface area contributed by atoms with Crippen molar-refractivity contribution in [2.24, 2.45) is 0 Å². The van der Waals surface area contributed by atoms with Crippen molar-refractivity contribution in [3.8, 4) is 0 Å². The van der Waals surface area contributed by atoms with E-state index in [1.54, 1.807) is 12.4 Å². The summed E-state index contributed by atoms with van der Waals surface area (Å²) in [6, 6.07) is 3.70. The van der Waals surface area contributed by atoms with Crippen LogP contribution in [0.1, 0.15) is 10.4 Å². The van der Waals surface area contributed by atoms with Gasteiger partial charge in [0.2, 0.25) is 0 Å². The van der Waals surface area contributed by atoms with Crippen LogP contribution in [0.5, 0.6) is 0 Å². The molecule has 2 aliphatic rings. The normalized spacial score (nSPS) is 18.6. The molecular weight excluding hydrogens is 419 g/mol. The molecule has 150 valence electrons. The van der Waals surface area contributed by atoms with Gasteiger partial charge in [0, 0.05) is 58.4 Å². The number of halogens is 2. The predicted molar refractivity (Wildman–Crippen MR) is 114 cm³/mol. The molecule has 1 amide bonds. The molecule has 2 aliphatic heterocycles. The van der Waals surface area contributed by atoms with Gasteiger partial charge in [-0.2, -0.15) is 0 Å². The molecule has 0 aliphatic carbocycles. The number of carbonyl (C=O) groups excluding carboxylic acids is 1. The number of carbonyl (C=O) groups is 1. The molecule has 2 aromatic heterocycles. The summed E-state index contributed by atoms with van der Waals surface area (Å²) in [4.78, 5) is 30.3. The molecule has 0 N–H and O–H groups in total. The second-order valence-corrected chi connectivity index (χ2v) is 9.33. The Morgan fingerprint density at radius 3 is 2.04 bits per heavy atom. The number of amides is 1. The fourth-order valence-electron chi connectivity index (χ4n) is 3.51. The zero-order chi connectivity index (χ0) is 19.7. The fraction of sp³-hybridized carbons (Fsp3) is 0.500. The van der Waals surface area contributed by atoms with Crippen LogP contribution in [0.2, 0.25) is 8.67 Å². The highest BCUT2D eigenvalue weighted by Gasteiger charge is 2.26. The van der Waals surface area contributed by atoms with Crippen molar-refractivity contribution in [2.75, 3.05) is 69.2 Å². The number of likely N-dealkylation sites (N-methyl/N-ethyl adjacent to an activating group) is 1. The van der Waals surface area contributed by atoms with Crippen LogP contribution < -0.4 is 9.80 Å². The largest absolute Gasteiger partial charge is 0.354 e. The summed E-state index contributed by atoms with van der Waals surface area (Å²) in [5.74, 6) is 1.82. The van der Waals surface area contributed by atoms with E-state index in [9.17, 15) is 4.79 Å². The van der Waals surface area contributed by atoms with Crippen LogP contribution in [0, 0.1) is 0 Å². The van der Waals surface area contributed by atoms with Gasteiger partial charge in [0.1, 0.15) is 22.3 Å². The van der Waals surface area contributed by atoms with Gasteiger partial charge in [-0.15, -0.1) is 11.3 Å². The quantitative estimate of drug-likeness (QED) is 0.730. The average molecular weight is 441 g/mol. The van der Waals surface area contributed by atoms with Gasteiger partial charge in [-0.1, -0.05) is 23.2 Å². The van der Waals surface area contributed by atoms with Gasteiger partial charge in [0.25, 0.3) is 5.91 Å². The van der Waals surface area contributed by atoms with Gasteiger partial charge in [0.05, 0.1) is 9.90 Å². The second kappa shape index (κ2) is 8.41. The topological polar surface area (TPSA) is 55.8 Å². The van der Waals surface area contributed by atoms with E-state index in [1.807, 2.05) is 4.90 Å². The van der Waals surface area contributed by atoms with Crippen molar-refractivity contribution >= 4 is 52.1 Å². The molecule has 2 saturated heterocycles. The molecule has 0 saturated carbocycles. The Hall–Kier alpha value is -1.61. The number of nitrogens with zero attached hydrogens (tertiary/aromatic N) is 6. The van der Waals surface area contributed by atoms with Gasteiger partial charge in [-0.25, -0.2) is 9.97 Å². The van der Waals surface area contributed by atoms with E-state index < -0.39 is 0 Å². The Morgan fingerprint density at radius 2 is 1.50 bits per heavy atom. The molecule has 0 bridgehead atoms. The lowest BCUT2D eigenvalue weighted by Crippen LogP contribution is -2.49. The first kappa shape index (κ1) is 19.7. The SMILES string of the molecule is CN1CCN(c2cc(N3CCN(C(=O)c4cc(Cl)sc4Cl)CC3)ncn2)CC1. The Labute approximate surface area is 178 Å². The number of anilines is 2. The van der Waals surface area contributed by atoms with Gasteiger partial charge in [-0.3, -0.25) is 4.79 Å². The Balaban J connectivity index is 1.39. The Morgan fingerprint density at radius 1 is 0.929 bits per heavy atom. The molecular formula is C18H22Cl2N6OS. The third-order valence-corrected chi connectivity index (χ3v) is 6.73. The van der Waals surface area contributed by atoms with Crippen LogP contribution in [-0.4, -0.2) is 85.1 Å². The number of thiophene rings is 1. The van der Waals surface area contributed by atoms with Gasteiger partial charge in [-0.05, 0) is 13.1 Å². The van der Waals surface area contributed by atoms with Gasteiger partial charge < -0.3 is 19.6 Å². The third kappa shape index (κ3) is 4.20. The van der Waals surface area contributed by atoms with E-state index in [-0.39, 0.29) is 5.91 Å². The highest BCUT2D eigenvalue weighted by atomic mass is 35.5. The maximum Gasteiger partial charge on any atom is 0.256 e. The smallest absolute Gasteiger partial charge is 0.256 e. The molecule has 4 rings (SSSR count). The van der Waals surface area contributed by atoms with Crippen molar-refractivity contribution < 1.29 is 4.79 Å². The second-order valence-electron chi connectivity index (χ2n) is 7.04. The lowest BCUT2D eigenvalue weighted by Gasteiger charge is -2.36. The molecule has 0 atom stereocenters. The summed E-state index contributed by atoms with van der Waals surface area (Å²) >= 11 is 13.3. The van der Waals surface area contributed by atoms with E-state index in [4.69, 9.17) is 23.2 Å². The van der Waals surface area contributed by atoms with Crippen LogP contribution in [0.3, 0.4) is 0 Å². The summed E-state index contributed by atoms with van der Waals surface area (Å²) < 4.78 is 0.981. The monoisotopic (exact) mass is 440 g/mol. The molecule has 2 fully saturated rings. The molecule has 28 heavy (non-hydrogen) atoms. The van der Waals surface area contributed by atoms with Crippen LogP contribution >= 0.6 is 34.5 Å². The Bertz CT molecular complexity index is 846. The zero-order valence-corrected chi connectivity index (χ0v) is 18.0. The average Bonchev–Trinajstić information content (AvgIpc) is 3.06. The van der Waals surface area contributed by atoms with Crippen LogP contribution in [0.25, 0.3) is 0 Å². The minimum atomic E-state index is -0.0615. The van der Waals surface area contributed by atoms with Crippen molar-refractivity contribution in [1.82, 2.24) is 19.8 Å². The predicted octanol–water partition coefficient (Wildman–Crippen LogP) is 2.56. The lowest BCUT2D eigenvalue weighted by molar-refractivity contribution is 0.0747. The van der Waals surface area contributed by atoms with E-state index >= 15 is 0 Å². The number of hydrogen-bond acceptors (Lipinski definition) is 7. The molecule has 0 radical (unpaired) electrons. The summed E-state index contributed by atoms with van der Waals surface area (Å²) in [5, 5.41) is 0. The maximum atomic E-state index is 12.7. The number of aromatic nitrogens is 2. The first-order valence-electron chi connectivity index (χ1n) is 9.26. The molecule has 2 aromatic rings. The van der Waals surface area contributed by atoms with Crippen LogP contribution in [-0.2, 0) is 0 Å². The number of piperazine rings is 2. The number of rotatable bonds is 3. The first-order chi connectivity index (χ1) is 13.5. The van der Waals surface area contributed by atoms with Crippen LogP contribution in [0.4, 0.5) is 11.6 Å². The van der Waals surface area contributed by atoms with E-state index in [1.165, 1.54) is 11.3 Å². The first-order valence-corrected chi connectivity index (χ1v) is 10.8. The summed E-state index contributed by atoms with van der Waals surface area (Å²) in [5.41, 5.74) is 0.490.